The summed E-state index contributed by atoms with van der Waals surface area (Å²) in [5, 5.41) is 12.4. The maximum atomic E-state index is 12.3. The van der Waals surface area contributed by atoms with Crippen molar-refractivity contribution in [2.45, 2.75) is 38.3 Å². The molecule has 1 fully saturated rings. The highest BCUT2D eigenvalue weighted by Gasteiger charge is 2.27. The molecule has 2 aromatic carbocycles. The molecule has 1 amide bonds. The van der Waals surface area contributed by atoms with Crippen LogP contribution in [0, 0.1) is 18.3 Å². The highest BCUT2D eigenvalue weighted by atomic mass is 35.5. The predicted molar refractivity (Wildman–Crippen MR) is 96.9 cm³/mol. The number of amides is 1. The molecular formula is C20H19ClN2O2. The van der Waals surface area contributed by atoms with Gasteiger partial charge in [-0.25, -0.2) is 0 Å². The Morgan fingerprint density at radius 1 is 1.24 bits per heavy atom. The minimum Gasteiger partial charge on any atom is -0.490 e. The Kier molecular flexibility index (Phi) is 5.25. The van der Waals surface area contributed by atoms with Gasteiger partial charge in [0, 0.05) is 24.1 Å². The van der Waals surface area contributed by atoms with Gasteiger partial charge in [0.1, 0.15) is 17.9 Å². The Labute approximate surface area is 152 Å². The number of halogens is 1. The second kappa shape index (κ2) is 7.58. The van der Waals surface area contributed by atoms with Crippen LogP contribution in [0.25, 0.3) is 0 Å². The molecule has 0 bridgehead atoms. The first-order chi connectivity index (χ1) is 12.0. The van der Waals surface area contributed by atoms with Crippen molar-refractivity contribution in [1.29, 1.82) is 5.26 Å². The van der Waals surface area contributed by atoms with Gasteiger partial charge in [0.2, 0.25) is 0 Å². The second-order valence-corrected chi connectivity index (χ2v) is 6.75. The van der Waals surface area contributed by atoms with E-state index in [1.54, 1.807) is 18.2 Å². The number of nitrogens with one attached hydrogen (secondary N) is 1. The van der Waals surface area contributed by atoms with Crippen LogP contribution in [-0.4, -0.2) is 18.1 Å². The molecule has 128 valence electrons. The minimum absolute atomic E-state index is 0.0346. The van der Waals surface area contributed by atoms with Crippen molar-refractivity contribution >= 4 is 17.5 Å². The van der Waals surface area contributed by atoms with Gasteiger partial charge in [-0.1, -0.05) is 29.3 Å². The normalized spacial score (nSPS) is 19.2. The highest BCUT2D eigenvalue weighted by molar-refractivity contribution is 6.31. The third-order valence-electron chi connectivity index (χ3n) is 4.40. The molecule has 0 spiro atoms. The summed E-state index contributed by atoms with van der Waals surface area (Å²) in [6, 6.07) is 14.8. The molecule has 0 unspecified atom stereocenters. The third kappa shape index (κ3) is 4.32. The van der Waals surface area contributed by atoms with Gasteiger partial charge in [-0.05, 0) is 44.0 Å². The fourth-order valence-corrected chi connectivity index (χ4v) is 3.22. The summed E-state index contributed by atoms with van der Waals surface area (Å²) >= 11 is 6.03. The lowest BCUT2D eigenvalue weighted by Gasteiger charge is -2.15. The first-order valence-electron chi connectivity index (χ1n) is 8.29. The lowest BCUT2D eigenvalue weighted by molar-refractivity contribution is 0.0935. The number of nitrogens with zero attached hydrogens (tertiary/aromatic N) is 1. The maximum Gasteiger partial charge on any atom is 0.251 e. The van der Waals surface area contributed by atoms with Crippen LogP contribution in [0.5, 0.6) is 5.75 Å². The van der Waals surface area contributed by atoms with E-state index >= 15 is 0 Å². The molecule has 0 radical (unpaired) electrons. The molecule has 5 heteroatoms. The Morgan fingerprint density at radius 3 is 2.68 bits per heavy atom. The van der Waals surface area contributed by atoms with Crippen LogP contribution in [0.2, 0.25) is 5.02 Å². The Hall–Kier alpha value is -2.51. The molecule has 25 heavy (non-hydrogen) atoms. The Bertz CT molecular complexity index is 811. The predicted octanol–water partition coefficient (Wildman–Crippen LogP) is 4.25. The van der Waals surface area contributed by atoms with Gasteiger partial charge in [0.05, 0.1) is 10.6 Å². The number of hydrogen-bond acceptors (Lipinski definition) is 3. The van der Waals surface area contributed by atoms with E-state index in [0.717, 1.165) is 24.8 Å². The van der Waals surface area contributed by atoms with Crippen LogP contribution < -0.4 is 10.1 Å². The zero-order valence-electron chi connectivity index (χ0n) is 14.0. The van der Waals surface area contributed by atoms with Crippen LogP contribution in [0.15, 0.2) is 42.5 Å². The lowest BCUT2D eigenvalue weighted by atomic mass is 10.1. The van der Waals surface area contributed by atoms with Crippen molar-refractivity contribution in [2.24, 2.45) is 0 Å². The zero-order valence-corrected chi connectivity index (χ0v) is 14.7. The van der Waals surface area contributed by atoms with Crippen LogP contribution in [0.3, 0.4) is 0 Å². The molecule has 1 saturated carbocycles. The molecule has 0 heterocycles. The van der Waals surface area contributed by atoms with Gasteiger partial charge in [0.15, 0.2) is 0 Å². The average molecular weight is 355 g/mol. The van der Waals surface area contributed by atoms with Crippen molar-refractivity contribution in [3.8, 4) is 11.8 Å². The smallest absolute Gasteiger partial charge is 0.251 e. The molecular weight excluding hydrogens is 336 g/mol. The van der Waals surface area contributed by atoms with E-state index < -0.39 is 0 Å². The first-order valence-corrected chi connectivity index (χ1v) is 8.67. The minimum atomic E-state index is -0.0490. The van der Waals surface area contributed by atoms with E-state index in [1.807, 2.05) is 37.3 Å². The number of carbonyl (C=O) groups is 1. The van der Waals surface area contributed by atoms with Gasteiger partial charge < -0.3 is 10.1 Å². The summed E-state index contributed by atoms with van der Waals surface area (Å²) in [6.07, 6.45) is 2.55. The first kappa shape index (κ1) is 17.3. The van der Waals surface area contributed by atoms with Crippen LogP contribution >= 0.6 is 11.6 Å². The van der Waals surface area contributed by atoms with Gasteiger partial charge >= 0.3 is 0 Å². The number of ether oxygens (including phenoxy) is 1. The van der Waals surface area contributed by atoms with E-state index in [4.69, 9.17) is 21.6 Å². The molecule has 1 N–H and O–H groups in total. The van der Waals surface area contributed by atoms with Crippen LogP contribution in [0.4, 0.5) is 0 Å². The molecule has 4 nitrogen and oxygen atoms in total. The Balaban J connectivity index is 1.55. The SMILES string of the molecule is Cc1ccc(C(=O)N[C@H]2CC[C@H](Oc3ccc(C#N)c(Cl)c3)C2)cc1. The average Bonchev–Trinajstić information content (AvgIpc) is 3.02. The lowest BCUT2D eigenvalue weighted by Crippen LogP contribution is -2.33. The van der Waals surface area contributed by atoms with E-state index in [2.05, 4.69) is 5.32 Å². The summed E-state index contributed by atoms with van der Waals surface area (Å²) in [5.74, 6) is 0.603. The van der Waals surface area contributed by atoms with Crippen molar-refractivity contribution in [1.82, 2.24) is 5.32 Å². The van der Waals surface area contributed by atoms with E-state index in [0.29, 0.717) is 21.9 Å². The number of carbonyl (C=O) groups excluding carboxylic acids is 1. The fraction of sp³-hybridized carbons (Fsp3) is 0.300. The Morgan fingerprint density at radius 2 is 2.00 bits per heavy atom. The summed E-state index contributed by atoms with van der Waals surface area (Å²) in [4.78, 5) is 12.3. The number of hydrogen-bond donors (Lipinski definition) is 1. The molecule has 3 rings (SSSR count). The van der Waals surface area contributed by atoms with Gasteiger partial charge in [-0.3, -0.25) is 4.79 Å². The fourth-order valence-electron chi connectivity index (χ4n) is 3.00. The molecule has 0 aliphatic heterocycles. The monoisotopic (exact) mass is 354 g/mol. The van der Waals surface area contributed by atoms with Gasteiger partial charge in [0.25, 0.3) is 5.91 Å². The maximum absolute atomic E-state index is 12.3. The summed E-state index contributed by atoms with van der Waals surface area (Å²) in [5.41, 5.74) is 2.24. The van der Waals surface area contributed by atoms with Crippen molar-refractivity contribution < 1.29 is 9.53 Å². The van der Waals surface area contributed by atoms with E-state index in [1.165, 1.54) is 0 Å². The highest BCUT2D eigenvalue weighted by Crippen LogP contribution is 2.28. The number of rotatable bonds is 4. The molecule has 1 aliphatic carbocycles. The number of nitriles is 1. The summed E-state index contributed by atoms with van der Waals surface area (Å²) in [7, 11) is 0. The largest absolute Gasteiger partial charge is 0.490 e. The number of benzene rings is 2. The topological polar surface area (TPSA) is 62.1 Å². The zero-order chi connectivity index (χ0) is 17.8. The third-order valence-corrected chi connectivity index (χ3v) is 4.71. The van der Waals surface area contributed by atoms with Crippen molar-refractivity contribution in [2.75, 3.05) is 0 Å². The molecule has 2 atom stereocenters. The second-order valence-electron chi connectivity index (χ2n) is 6.34. The van der Waals surface area contributed by atoms with E-state index in [-0.39, 0.29) is 18.1 Å². The quantitative estimate of drug-likeness (QED) is 0.892. The van der Waals surface area contributed by atoms with Crippen LogP contribution in [0.1, 0.15) is 40.7 Å². The van der Waals surface area contributed by atoms with Gasteiger partial charge in [-0.15, -0.1) is 0 Å². The van der Waals surface area contributed by atoms with Crippen molar-refractivity contribution in [3.05, 3.63) is 64.2 Å². The van der Waals surface area contributed by atoms with E-state index in [9.17, 15) is 4.79 Å². The number of aryl methyl sites for hydroxylation is 1. The molecule has 2 aromatic rings. The van der Waals surface area contributed by atoms with Gasteiger partial charge in [-0.2, -0.15) is 5.26 Å². The molecule has 0 aromatic heterocycles. The van der Waals surface area contributed by atoms with Crippen LogP contribution in [-0.2, 0) is 0 Å². The molecule has 1 aliphatic rings. The standard InChI is InChI=1S/C20H19ClN2O2/c1-13-2-4-14(5-3-13)20(24)23-16-7-9-17(10-16)25-18-8-6-15(12-22)19(21)11-18/h2-6,8,11,16-17H,7,9-10H2,1H3,(H,23,24)/t16-,17-/m0/s1. The van der Waals surface area contributed by atoms with Crippen molar-refractivity contribution in [3.63, 3.8) is 0 Å². The summed E-state index contributed by atoms with van der Waals surface area (Å²) < 4.78 is 5.94. The molecule has 0 saturated heterocycles. The summed E-state index contributed by atoms with van der Waals surface area (Å²) in [6.45, 7) is 2.00.